The highest BCUT2D eigenvalue weighted by atomic mass is 19.4. The van der Waals surface area contributed by atoms with Gasteiger partial charge in [0, 0.05) is 42.8 Å². The smallest absolute Gasteiger partial charge is 0.408 e. The predicted octanol–water partition coefficient (Wildman–Crippen LogP) is 5.31. The van der Waals surface area contributed by atoms with Gasteiger partial charge in [-0.15, -0.1) is 0 Å². The summed E-state index contributed by atoms with van der Waals surface area (Å²) in [5.74, 6) is -5.88. The fraction of sp³-hybridized carbons (Fsp3) is 0.226. The summed E-state index contributed by atoms with van der Waals surface area (Å²) in [7, 11) is 1.64. The van der Waals surface area contributed by atoms with Gasteiger partial charge >= 0.3 is 12.1 Å². The number of carbonyl (C=O) groups excluding carboxylic acids is 1. The summed E-state index contributed by atoms with van der Waals surface area (Å²) in [6.45, 7) is 1.24. The Labute approximate surface area is 251 Å². The lowest BCUT2D eigenvalue weighted by Gasteiger charge is -2.22. The molecule has 0 unspecified atom stereocenters. The molecule has 0 spiro atoms. The number of nitrogens with zero attached hydrogens (tertiary/aromatic N) is 3. The second-order valence-corrected chi connectivity index (χ2v) is 10.4. The molecular weight excluding hydrogens is 601 g/mol. The van der Waals surface area contributed by atoms with Crippen LogP contribution in [0.3, 0.4) is 0 Å². The number of aryl methyl sites for hydroxylation is 1. The first-order valence-electron chi connectivity index (χ1n) is 13.7. The van der Waals surface area contributed by atoms with Gasteiger partial charge in [-0.1, -0.05) is 25.1 Å². The second-order valence-electron chi connectivity index (χ2n) is 10.4. The summed E-state index contributed by atoms with van der Waals surface area (Å²) in [5, 5.41) is 14.7. The van der Waals surface area contributed by atoms with Crippen LogP contribution in [0.2, 0.25) is 0 Å². The third kappa shape index (κ3) is 6.08. The molecule has 2 atom stereocenters. The van der Waals surface area contributed by atoms with Crippen molar-refractivity contribution in [2.75, 3.05) is 5.32 Å². The van der Waals surface area contributed by atoms with E-state index in [0.717, 1.165) is 10.9 Å². The molecule has 45 heavy (non-hydrogen) atoms. The fourth-order valence-corrected chi connectivity index (χ4v) is 5.19. The van der Waals surface area contributed by atoms with Crippen LogP contribution < -0.4 is 16.2 Å². The summed E-state index contributed by atoms with van der Waals surface area (Å²) >= 11 is 0. The van der Waals surface area contributed by atoms with E-state index in [9.17, 15) is 41.4 Å². The predicted molar refractivity (Wildman–Crippen MR) is 156 cm³/mol. The molecule has 0 saturated carbocycles. The van der Waals surface area contributed by atoms with Crippen LogP contribution in [0.25, 0.3) is 27.7 Å². The molecule has 9 nitrogen and oxygen atoms in total. The Morgan fingerprint density at radius 3 is 2.36 bits per heavy atom. The van der Waals surface area contributed by atoms with E-state index in [2.05, 4.69) is 10.3 Å². The number of halogens is 5. The number of aliphatic carboxylic acids is 1. The Morgan fingerprint density at radius 1 is 1.02 bits per heavy atom. The number of benzene rings is 2. The summed E-state index contributed by atoms with van der Waals surface area (Å²) in [4.78, 5) is 42.6. The molecule has 0 saturated heterocycles. The average molecular weight is 628 g/mol. The normalized spacial score (nSPS) is 13.1. The lowest BCUT2D eigenvalue weighted by atomic mass is 10.0. The Hall–Kier alpha value is -5.27. The molecule has 5 rings (SSSR count). The fourth-order valence-electron chi connectivity index (χ4n) is 5.19. The minimum atomic E-state index is -4.68. The van der Waals surface area contributed by atoms with E-state index in [4.69, 9.17) is 0 Å². The number of anilines is 1. The van der Waals surface area contributed by atoms with Crippen LogP contribution in [0.5, 0.6) is 0 Å². The molecule has 1 amide bonds. The van der Waals surface area contributed by atoms with Crippen LogP contribution in [0, 0.1) is 11.6 Å². The molecule has 5 aromatic rings. The van der Waals surface area contributed by atoms with Crippen LogP contribution in [0.1, 0.15) is 29.4 Å². The van der Waals surface area contributed by atoms with E-state index in [1.807, 2.05) is 29.6 Å². The molecule has 2 aromatic carbocycles. The number of pyridine rings is 2. The molecule has 0 aliphatic carbocycles. The van der Waals surface area contributed by atoms with Gasteiger partial charge in [0.1, 0.15) is 34.9 Å². The van der Waals surface area contributed by atoms with Gasteiger partial charge in [0.05, 0.1) is 11.1 Å². The molecule has 3 N–H and O–H groups in total. The van der Waals surface area contributed by atoms with Crippen molar-refractivity contribution in [2.45, 2.75) is 38.0 Å². The van der Waals surface area contributed by atoms with Crippen molar-refractivity contribution in [1.82, 2.24) is 19.3 Å². The number of para-hydroxylation sites is 1. The minimum absolute atomic E-state index is 0.282. The van der Waals surface area contributed by atoms with E-state index in [-0.39, 0.29) is 12.0 Å². The van der Waals surface area contributed by atoms with Crippen LogP contribution in [0.15, 0.2) is 71.8 Å². The van der Waals surface area contributed by atoms with Gasteiger partial charge in [0.25, 0.3) is 11.5 Å². The number of hydrogen-bond acceptors (Lipinski definition) is 5. The van der Waals surface area contributed by atoms with E-state index < -0.39 is 59.4 Å². The number of rotatable bonds is 9. The van der Waals surface area contributed by atoms with Crippen molar-refractivity contribution in [2.24, 2.45) is 7.05 Å². The second kappa shape index (κ2) is 12.0. The number of carbonyl (C=O) groups is 2. The Morgan fingerprint density at radius 2 is 1.71 bits per heavy atom. The van der Waals surface area contributed by atoms with E-state index in [1.165, 1.54) is 23.9 Å². The van der Waals surface area contributed by atoms with Crippen molar-refractivity contribution >= 4 is 34.1 Å². The molecule has 0 radical (unpaired) electrons. The van der Waals surface area contributed by atoms with Gasteiger partial charge in [-0.3, -0.25) is 9.59 Å². The monoisotopic (exact) mass is 627 g/mol. The molecule has 0 aliphatic rings. The highest BCUT2D eigenvalue weighted by Crippen LogP contribution is 2.28. The number of aromatic nitrogens is 3. The summed E-state index contributed by atoms with van der Waals surface area (Å²) < 4.78 is 72.0. The van der Waals surface area contributed by atoms with Gasteiger partial charge < -0.3 is 24.7 Å². The SMILES string of the molecule is CC[C@@H](Nc1cc(F)c(C(=O)N[C@@H](Cc2ccc(-c3cc4ccccc4n(C)c3=O)c3nccn23)C(=O)O)c(F)c1)C(F)(F)F. The summed E-state index contributed by atoms with van der Waals surface area (Å²) in [5.41, 5.74) is 0.260. The molecule has 0 fully saturated rings. The Balaban J connectivity index is 1.43. The van der Waals surface area contributed by atoms with E-state index in [1.54, 1.807) is 29.6 Å². The number of carboxylic acid groups (broad SMARTS) is 1. The molecule has 3 heterocycles. The molecule has 0 aliphatic heterocycles. The van der Waals surface area contributed by atoms with Gasteiger partial charge in [-0.05, 0) is 48.2 Å². The topological polar surface area (TPSA) is 118 Å². The van der Waals surface area contributed by atoms with Crippen LogP contribution >= 0.6 is 0 Å². The van der Waals surface area contributed by atoms with Crippen LogP contribution in [-0.4, -0.2) is 49.2 Å². The maximum Gasteiger partial charge on any atom is 0.408 e. The Bertz CT molecular complexity index is 1980. The number of hydrogen-bond donors (Lipinski definition) is 3. The quantitative estimate of drug-likeness (QED) is 0.191. The number of alkyl halides is 3. The van der Waals surface area contributed by atoms with E-state index in [0.29, 0.717) is 34.6 Å². The highest BCUT2D eigenvalue weighted by Gasteiger charge is 2.38. The van der Waals surface area contributed by atoms with Gasteiger partial charge in [-0.2, -0.15) is 13.2 Å². The lowest BCUT2D eigenvalue weighted by Crippen LogP contribution is -2.43. The standard InChI is InChI=1S/C31H26F5N5O4/c1-3-25(31(34,35)36)38-17-13-21(32)26(22(33)14-17)28(42)39-23(30(44)45)15-18-8-9-19(27-37-10-11-41(18)27)20-12-16-6-4-5-7-24(16)40(2)29(20)43/h4-14,23,25,38H,3,15H2,1-2H3,(H,39,42)(H,44,45)/t23-,25+/m0/s1. The number of amides is 1. The maximum absolute atomic E-state index is 14.8. The average Bonchev–Trinajstić information content (AvgIpc) is 3.47. The maximum atomic E-state index is 14.8. The van der Waals surface area contributed by atoms with E-state index >= 15 is 0 Å². The van der Waals surface area contributed by atoms with Crippen molar-refractivity contribution in [3.05, 3.63) is 100 Å². The number of imidazole rings is 1. The molecule has 0 bridgehead atoms. The highest BCUT2D eigenvalue weighted by molar-refractivity contribution is 5.97. The number of fused-ring (bicyclic) bond motifs is 2. The minimum Gasteiger partial charge on any atom is -0.480 e. The van der Waals surface area contributed by atoms with Crippen molar-refractivity contribution in [3.8, 4) is 11.1 Å². The third-order valence-electron chi connectivity index (χ3n) is 7.49. The first kappa shape index (κ1) is 31.2. The molecule has 14 heteroatoms. The largest absolute Gasteiger partial charge is 0.480 e. The third-order valence-corrected chi connectivity index (χ3v) is 7.49. The first-order valence-corrected chi connectivity index (χ1v) is 13.7. The molecular formula is C31H26F5N5O4. The zero-order valence-corrected chi connectivity index (χ0v) is 23.8. The molecule has 3 aromatic heterocycles. The van der Waals surface area contributed by atoms with Crippen molar-refractivity contribution in [3.63, 3.8) is 0 Å². The van der Waals surface area contributed by atoms with Crippen molar-refractivity contribution in [1.29, 1.82) is 0 Å². The Kier molecular flexibility index (Phi) is 8.32. The lowest BCUT2D eigenvalue weighted by molar-refractivity contribution is -0.143. The van der Waals surface area contributed by atoms with Crippen LogP contribution in [0.4, 0.5) is 27.6 Å². The van der Waals surface area contributed by atoms with Gasteiger partial charge in [0.15, 0.2) is 0 Å². The zero-order valence-electron chi connectivity index (χ0n) is 23.8. The molecule has 234 valence electrons. The summed E-state index contributed by atoms with van der Waals surface area (Å²) in [6, 6.07) is 9.52. The van der Waals surface area contributed by atoms with Crippen LogP contribution in [-0.2, 0) is 18.3 Å². The number of carboxylic acids is 1. The van der Waals surface area contributed by atoms with Gasteiger partial charge in [0.2, 0.25) is 0 Å². The summed E-state index contributed by atoms with van der Waals surface area (Å²) in [6.07, 6.45) is -2.47. The van der Waals surface area contributed by atoms with Gasteiger partial charge in [-0.25, -0.2) is 18.6 Å². The number of nitrogens with one attached hydrogen (secondary N) is 2. The first-order chi connectivity index (χ1) is 21.3. The zero-order chi connectivity index (χ0) is 32.6. The van der Waals surface area contributed by atoms with Crippen molar-refractivity contribution < 1.29 is 36.6 Å².